The van der Waals surface area contributed by atoms with Gasteiger partial charge in [0.1, 0.15) is 5.15 Å². The van der Waals surface area contributed by atoms with E-state index in [9.17, 15) is 0 Å². The summed E-state index contributed by atoms with van der Waals surface area (Å²) >= 11 is 6.09. The number of hydrogen-bond donors (Lipinski definition) is 0. The molecule has 0 aromatic carbocycles. The SMILES string of the molecule is CN1CCCC(c2nc3cccc(Cl)n3n2)C1. The summed E-state index contributed by atoms with van der Waals surface area (Å²) in [5, 5.41) is 5.13. The molecule has 3 rings (SSSR count). The molecule has 90 valence electrons. The molecule has 1 unspecified atom stereocenters. The third kappa shape index (κ3) is 2.03. The van der Waals surface area contributed by atoms with Crippen LogP contribution in [0.2, 0.25) is 5.15 Å². The molecule has 2 aromatic heterocycles. The molecular weight excluding hydrogens is 236 g/mol. The van der Waals surface area contributed by atoms with Crippen LogP contribution in [-0.4, -0.2) is 39.6 Å². The molecule has 17 heavy (non-hydrogen) atoms. The number of halogens is 1. The van der Waals surface area contributed by atoms with Crippen molar-refractivity contribution in [1.82, 2.24) is 19.5 Å². The lowest BCUT2D eigenvalue weighted by Crippen LogP contribution is -2.31. The number of pyridine rings is 1. The lowest BCUT2D eigenvalue weighted by atomic mass is 9.98. The first-order valence-electron chi connectivity index (χ1n) is 5.94. The van der Waals surface area contributed by atoms with E-state index in [-0.39, 0.29) is 0 Å². The minimum atomic E-state index is 0.435. The summed E-state index contributed by atoms with van der Waals surface area (Å²) in [7, 11) is 2.15. The molecule has 0 saturated carbocycles. The summed E-state index contributed by atoms with van der Waals surface area (Å²) in [6, 6.07) is 5.68. The maximum atomic E-state index is 6.09. The van der Waals surface area contributed by atoms with Crippen LogP contribution in [0.5, 0.6) is 0 Å². The van der Waals surface area contributed by atoms with Gasteiger partial charge in [-0.2, -0.15) is 0 Å². The number of nitrogens with zero attached hydrogens (tertiary/aromatic N) is 4. The van der Waals surface area contributed by atoms with Crippen LogP contribution in [0, 0.1) is 0 Å². The van der Waals surface area contributed by atoms with Gasteiger partial charge in [0, 0.05) is 12.5 Å². The molecule has 0 spiro atoms. The van der Waals surface area contributed by atoms with E-state index in [0.717, 1.165) is 18.0 Å². The molecule has 1 saturated heterocycles. The molecular formula is C12H15ClN4. The van der Waals surface area contributed by atoms with Gasteiger partial charge in [0.15, 0.2) is 11.5 Å². The number of hydrogen-bond acceptors (Lipinski definition) is 3. The molecule has 1 aliphatic rings. The summed E-state index contributed by atoms with van der Waals surface area (Å²) in [6.45, 7) is 2.21. The standard InChI is InChI=1S/C12H15ClN4/c1-16-7-3-4-9(8-16)12-14-11-6-2-5-10(13)17(11)15-12/h2,5-6,9H,3-4,7-8H2,1H3. The fourth-order valence-corrected chi connectivity index (χ4v) is 2.64. The smallest absolute Gasteiger partial charge is 0.157 e. The highest BCUT2D eigenvalue weighted by molar-refractivity contribution is 6.29. The Morgan fingerprint density at radius 1 is 1.41 bits per heavy atom. The van der Waals surface area contributed by atoms with Crippen molar-refractivity contribution in [2.75, 3.05) is 20.1 Å². The number of fused-ring (bicyclic) bond motifs is 1. The monoisotopic (exact) mass is 250 g/mol. The second kappa shape index (κ2) is 4.27. The van der Waals surface area contributed by atoms with Gasteiger partial charge >= 0.3 is 0 Å². The first kappa shape index (κ1) is 11.0. The molecule has 3 heterocycles. The molecule has 0 aliphatic carbocycles. The lowest BCUT2D eigenvalue weighted by molar-refractivity contribution is 0.246. The highest BCUT2D eigenvalue weighted by Crippen LogP contribution is 2.24. The van der Waals surface area contributed by atoms with Gasteiger partial charge in [0.05, 0.1) is 0 Å². The zero-order chi connectivity index (χ0) is 11.8. The maximum absolute atomic E-state index is 6.09. The van der Waals surface area contributed by atoms with Gasteiger partial charge in [-0.05, 0) is 38.6 Å². The van der Waals surface area contributed by atoms with E-state index in [1.807, 2.05) is 18.2 Å². The van der Waals surface area contributed by atoms with Crippen LogP contribution in [0.1, 0.15) is 24.6 Å². The van der Waals surface area contributed by atoms with Crippen molar-refractivity contribution in [2.45, 2.75) is 18.8 Å². The Bertz CT molecular complexity index is 536. The topological polar surface area (TPSA) is 33.4 Å². The van der Waals surface area contributed by atoms with Gasteiger partial charge in [-0.3, -0.25) is 0 Å². The van der Waals surface area contributed by atoms with E-state index in [4.69, 9.17) is 11.6 Å². The molecule has 1 atom stereocenters. The van der Waals surface area contributed by atoms with Crippen molar-refractivity contribution in [2.24, 2.45) is 0 Å². The minimum Gasteiger partial charge on any atom is -0.306 e. The van der Waals surface area contributed by atoms with Crippen LogP contribution in [0.4, 0.5) is 0 Å². The fourth-order valence-electron chi connectivity index (χ4n) is 2.44. The summed E-state index contributed by atoms with van der Waals surface area (Å²) in [4.78, 5) is 6.91. The molecule has 1 aliphatic heterocycles. The maximum Gasteiger partial charge on any atom is 0.157 e. The van der Waals surface area contributed by atoms with Gasteiger partial charge in [-0.25, -0.2) is 9.50 Å². The summed E-state index contributed by atoms with van der Waals surface area (Å²) < 4.78 is 1.71. The van der Waals surface area contributed by atoms with Crippen LogP contribution in [0.3, 0.4) is 0 Å². The minimum absolute atomic E-state index is 0.435. The predicted molar refractivity (Wildman–Crippen MR) is 67.5 cm³/mol. The van der Waals surface area contributed by atoms with Gasteiger partial charge in [-0.1, -0.05) is 17.7 Å². The largest absolute Gasteiger partial charge is 0.306 e. The van der Waals surface area contributed by atoms with Gasteiger partial charge in [-0.15, -0.1) is 5.10 Å². The van der Waals surface area contributed by atoms with Crippen molar-refractivity contribution in [3.63, 3.8) is 0 Å². The Kier molecular flexibility index (Phi) is 2.76. The molecule has 0 bridgehead atoms. The van der Waals surface area contributed by atoms with E-state index in [1.165, 1.54) is 19.4 Å². The molecule has 5 heteroatoms. The Labute approximate surface area is 105 Å². The Hall–Kier alpha value is -1.13. The molecule has 2 aromatic rings. The fraction of sp³-hybridized carbons (Fsp3) is 0.500. The molecule has 4 nitrogen and oxygen atoms in total. The molecule has 0 amide bonds. The van der Waals surface area contributed by atoms with Crippen molar-refractivity contribution >= 4 is 17.2 Å². The average molecular weight is 251 g/mol. The highest BCUT2D eigenvalue weighted by Gasteiger charge is 2.22. The first-order valence-corrected chi connectivity index (χ1v) is 6.31. The Morgan fingerprint density at radius 2 is 2.29 bits per heavy atom. The zero-order valence-electron chi connectivity index (χ0n) is 9.80. The van der Waals surface area contributed by atoms with E-state index >= 15 is 0 Å². The van der Waals surface area contributed by atoms with Crippen molar-refractivity contribution in [1.29, 1.82) is 0 Å². The lowest BCUT2D eigenvalue weighted by Gasteiger charge is -2.27. The number of rotatable bonds is 1. The van der Waals surface area contributed by atoms with E-state index in [2.05, 4.69) is 22.0 Å². The van der Waals surface area contributed by atoms with Gasteiger partial charge in [0.25, 0.3) is 0 Å². The second-order valence-electron chi connectivity index (χ2n) is 4.69. The first-order chi connectivity index (χ1) is 8.24. The van der Waals surface area contributed by atoms with Crippen LogP contribution in [-0.2, 0) is 0 Å². The van der Waals surface area contributed by atoms with Crippen LogP contribution in [0.25, 0.3) is 5.65 Å². The zero-order valence-corrected chi connectivity index (χ0v) is 10.6. The Balaban J connectivity index is 1.97. The highest BCUT2D eigenvalue weighted by atomic mass is 35.5. The van der Waals surface area contributed by atoms with Crippen LogP contribution < -0.4 is 0 Å². The van der Waals surface area contributed by atoms with Gasteiger partial charge in [0.2, 0.25) is 0 Å². The molecule has 0 radical (unpaired) electrons. The predicted octanol–water partition coefficient (Wildman–Crippen LogP) is 2.19. The quantitative estimate of drug-likeness (QED) is 0.728. The van der Waals surface area contributed by atoms with Crippen molar-refractivity contribution in [3.05, 3.63) is 29.2 Å². The number of likely N-dealkylation sites (N-methyl/N-ethyl adjacent to an activating group) is 1. The number of piperidine rings is 1. The third-order valence-electron chi connectivity index (χ3n) is 3.32. The summed E-state index contributed by atoms with van der Waals surface area (Å²) in [5.41, 5.74) is 0.834. The third-order valence-corrected chi connectivity index (χ3v) is 3.61. The van der Waals surface area contributed by atoms with E-state index in [0.29, 0.717) is 11.1 Å². The summed E-state index contributed by atoms with van der Waals surface area (Å²) in [6.07, 6.45) is 2.38. The molecule has 0 N–H and O–H groups in total. The van der Waals surface area contributed by atoms with Gasteiger partial charge < -0.3 is 4.90 Å². The van der Waals surface area contributed by atoms with Crippen LogP contribution >= 0.6 is 11.6 Å². The molecule has 1 fully saturated rings. The second-order valence-corrected chi connectivity index (χ2v) is 5.08. The summed E-state index contributed by atoms with van der Waals surface area (Å²) in [5.74, 6) is 1.36. The van der Waals surface area contributed by atoms with Crippen molar-refractivity contribution < 1.29 is 0 Å². The average Bonchev–Trinajstić information content (AvgIpc) is 2.74. The van der Waals surface area contributed by atoms with Crippen LogP contribution in [0.15, 0.2) is 18.2 Å². The van der Waals surface area contributed by atoms with Crippen molar-refractivity contribution in [3.8, 4) is 0 Å². The Morgan fingerprint density at radius 3 is 3.06 bits per heavy atom. The van der Waals surface area contributed by atoms with E-state index < -0.39 is 0 Å². The number of aromatic nitrogens is 3. The number of likely N-dealkylation sites (tertiary alicyclic amines) is 1. The van der Waals surface area contributed by atoms with E-state index in [1.54, 1.807) is 4.52 Å². The normalized spacial score (nSPS) is 22.1.